The summed E-state index contributed by atoms with van der Waals surface area (Å²) in [5.41, 5.74) is 2.55. The van der Waals surface area contributed by atoms with E-state index >= 15 is 0 Å². The van der Waals surface area contributed by atoms with Crippen molar-refractivity contribution in [2.75, 3.05) is 19.8 Å². The molecule has 2 N–H and O–H groups in total. The Morgan fingerprint density at radius 3 is 3.04 bits per heavy atom. The maximum absolute atomic E-state index is 5.90. The summed E-state index contributed by atoms with van der Waals surface area (Å²) < 4.78 is 11.7. The lowest BCUT2D eigenvalue weighted by Gasteiger charge is -2.14. The minimum Gasteiger partial charge on any atom is -0.494 e. The Labute approximate surface area is 140 Å². The molecule has 0 saturated carbocycles. The Morgan fingerprint density at radius 1 is 1.12 bits per heavy atom. The molecule has 1 unspecified atom stereocenters. The summed E-state index contributed by atoms with van der Waals surface area (Å²) >= 11 is 0. The number of hydrogen-bond donors (Lipinski definition) is 2. The molecule has 1 atom stereocenters. The molecule has 0 spiro atoms. The third kappa shape index (κ3) is 3.05. The van der Waals surface area contributed by atoms with E-state index in [9.17, 15) is 0 Å². The average molecular weight is 324 g/mol. The molecular weight excluding hydrogens is 304 g/mol. The number of aromatic nitrogens is 3. The van der Waals surface area contributed by atoms with Crippen LogP contribution in [-0.4, -0.2) is 41.0 Å². The molecule has 0 saturated heterocycles. The number of hydrogen-bond acceptors (Lipinski definition) is 5. The second kappa shape index (κ2) is 6.49. The fraction of sp³-hybridized carbons (Fsp3) is 0.333. The van der Waals surface area contributed by atoms with Crippen molar-refractivity contribution >= 4 is 10.9 Å². The number of ether oxygens (including phenoxy) is 2. The van der Waals surface area contributed by atoms with Crippen LogP contribution in [0.1, 0.15) is 13.3 Å². The second-order valence-electron chi connectivity index (χ2n) is 5.98. The third-order valence-electron chi connectivity index (χ3n) is 4.16. The van der Waals surface area contributed by atoms with Crippen molar-refractivity contribution in [3.05, 3.63) is 36.4 Å². The first-order chi connectivity index (χ1) is 11.8. The van der Waals surface area contributed by atoms with Crippen LogP contribution >= 0.6 is 0 Å². The minimum atomic E-state index is 0.367. The summed E-state index contributed by atoms with van der Waals surface area (Å²) in [5.74, 6) is 1.46. The lowest BCUT2D eigenvalue weighted by Crippen LogP contribution is -2.31. The summed E-state index contributed by atoms with van der Waals surface area (Å²) in [6, 6.07) is 12.1. The molecule has 0 aliphatic carbocycles. The van der Waals surface area contributed by atoms with Gasteiger partial charge in [-0.3, -0.25) is 5.10 Å². The summed E-state index contributed by atoms with van der Waals surface area (Å²) in [6.45, 7) is 4.16. The number of fused-ring (bicyclic) bond motifs is 4. The molecule has 0 amide bonds. The van der Waals surface area contributed by atoms with Crippen LogP contribution in [0, 0.1) is 0 Å². The highest BCUT2D eigenvalue weighted by molar-refractivity contribution is 5.92. The SMILES string of the molecule is CC1CCOc2ccc3[nH]nc(c3c2)-c2cccc(n2)OCCN1. The Hall–Kier alpha value is -2.60. The first-order valence-corrected chi connectivity index (χ1v) is 8.24. The Bertz CT molecular complexity index is 846. The molecule has 2 aromatic heterocycles. The summed E-state index contributed by atoms with van der Waals surface area (Å²) in [4.78, 5) is 4.58. The molecule has 1 aromatic carbocycles. The van der Waals surface area contributed by atoms with E-state index in [1.165, 1.54) is 0 Å². The molecule has 24 heavy (non-hydrogen) atoms. The standard InChI is InChI=1S/C18H20N4O2/c1-12-7-9-23-13-5-6-15-14(11-13)18(22-21-15)16-3-2-4-17(20-16)24-10-8-19-12/h2-6,11-12,19H,7-10H2,1H3,(H,21,22). The van der Waals surface area contributed by atoms with E-state index < -0.39 is 0 Å². The molecule has 6 heteroatoms. The van der Waals surface area contributed by atoms with Gasteiger partial charge in [0.2, 0.25) is 5.88 Å². The first kappa shape index (κ1) is 15.0. The number of nitrogens with zero attached hydrogens (tertiary/aromatic N) is 2. The number of H-pyrrole nitrogens is 1. The van der Waals surface area contributed by atoms with Gasteiger partial charge in [0.15, 0.2) is 0 Å². The van der Waals surface area contributed by atoms with Gasteiger partial charge in [-0.1, -0.05) is 6.07 Å². The monoisotopic (exact) mass is 324 g/mol. The third-order valence-corrected chi connectivity index (χ3v) is 4.16. The largest absolute Gasteiger partial charge is 0.494 e. The highest BCUT2D eigenvalue weighted by Gasteiger charge is 2.12. The lowest BCUT2D eigenvalue weighted by molar-refractivity contribution is 0.271. The predicted molar refractivity (Wildman–Crippen MR) is 92.4 cm³/mol. The minimum absolute atomic E-state index is 0.367. The van der Waals surface area contributed by atoms with E-state index in [1.54, 1.807) is 0 Å². The van der Waals surface area contributed by atoms with E-state index in [0.29, 0.717) is 25.1 Å². The van der Waals surface area contributed by atoms with Crippen molar-refractivity contribution in [1.29, 1.82) is 0 Å². The van der Waals surface area contributed by atoms with Gasteiger partial charge in [0.1, 0.15) is 18.1 Å². The van der Waals surface area contributed by atoms with E-state index in [0.717, 1.165) is 41.0 Å². The normalized spacial score (nSPS) is 18.5. The predicted octanol–water partition coefficient (Wildman–Crippen LogP) is 2.76. The molecule has 1 aliphatic heterocycles. The van der Waals surface area contributed by atoms with Gasteiger partial charge < -0.3 is 14.8 Å². The average Bonchev–Trinajstić information content (AvgIpc) is 3.01. The molecule has 124 valence electrons. The number of nitrogens with one attached hydrogen (secondary N) is 2. The van der Waals surface area contributed by atoms with Crippen molar-refractivity contribution in [3.8, 4) is 23.0 Å². The van der Waals surface area contributed by atoms with Crippen molar-refractivity contribution < 1.29 is 9.47 Å². The zero-order valence-corrected chi connectivity index (χ0v) is 13.6. The first-order valence-electron chi connectivity index (χ1n) is 8.24. The van der Waals surface area contributed by atoms with Crippen LogP contribution in [0.4, 0.5) is 0 Å². The van der Waals surface area contributed by atoms with Gasteiger partial charge in [-0.2, -0.15) is 5.10 Å². The molecule has 0 radical (unpaired) electrons. The van der Waals surface area contributed by atoms with Gasteiger partial charge in [0, 0.05) is 24.0 Å². The number of pyridine rings is 1. The highest BCUT2D eigenvalue weighted by Crippen LogP contribution is 2.29. The zero-order chi connectivity index (χ0) is 16.4. The maximum atomic E-state index is 5.90. The Kier molecular flexibility index (Phi) is 4.04. The fourth-order valence-corrected chi connectivity index (χ4v) is 2.82. The molecule has 4 rings (SSSR count). The zero-order valence-electron chi connectivity index (χ0n) is 13.6. The molecule has 6 nitrogen and oxygen atoms in total. The van der Waals surface area contributed by atoms with Crippen LogP contribution in [0.5, 0.6) is 11.6 Å². The summed E-state index contributed by atoms with van der Waals surface area (Å²) in [6.07, 6.45) is 0.933. The topological polar surface area (TPSA) is 72.1 Å². The van der Waals surface area contributed by atoms with Crippen molar-refractivity contribution in [1.82, 2.24) is 20.5 Å². The van der Waals surface area contributed by atoms with Crippen molar-refractivity contribution in [2.45, 2.75) is 19.4 Å². The van der Waals surface area contributed by atoms with E-state index in [1.807, 2.05) is 36.4 Å². The molecule has 4 bridgehead atoms. The van der Waals surface area contributed by atoms with Crippen molar-refractivity contribution in [3.63, 3.8) is 0 Å². The van der Waals surface area contributed by atoms with Gasteiger partial charge >= 0.3 is 0 Å². The lowest BCUT2D eigenvalue weighted by atomic mass is 10.1. The van der Waals surface area contributed by atoms with E-state index in [4.69, 9.17) is 9.47 Å². The summed E-state index contributed by atoms with van der Waals surface area (Å²) in [5, 5.41) is 11.9. The maximum Gasteiger partial charge on any atom is 0.213 e. The van der Waals surface area contributed by atoms with Crippen molar-refractivity contribution in [2.24, 2.45) is 0 Å². The molecule has 3 aromatic rings. The highest BCUT2D eigenvalue weighted by atomic mass is 16.5. The second-order valence-corrected chi connectivity index (χ2v) is 5.98. The van der Waals surface area contributed by atoms with Crippen LogP contribution in [0.15, 0.2) is 36.4 Å². The quantitative estimate of drug-likeness (QED) is 0.665. The molecular formula is C18H20N4O2. The van der Waals surface area contributed by atoms with Crippen LogP contribution in [0.2, 0.25) is 0 Å². The number of benzene rings is 1. The van der Waals surface area contributed by atoms with Gasteiger partial charge in [-0.05, 0) is 37.6 Å². The van der Waals surface area contributed by atoms with Crippen LogP contribution < -0.4 is 14.8 Å². The Morgan fingerprint density at radius 2 is 2.08 bits per heavy atom. The van der Waals surface area contributed by atoms with Crippen LogP contribution in [0.3, 0.4) is 0 Å². The van der Waals surface area contributed by atoms with E-state index in [-0.39, 0.29) is 0 Å². The van der Waals surface area contributed by atoms with Crippen LogP contribution in [0.25, 0.3) is 22.3 Å². The number of rotatable bonds is 0. The molecule has 1 aliphatic rings. The fourth-order valence-electron chi connectivity index (χ4n) is 2.82. The molecule has 3 heterocycles. The van der Waals surface area contributed by atoms with Gasteiger partial charge in [-0.15, -0.1) is 0 Å². The summed E-state index contributed by atoms with van der Waals surface area (Å²) in [7, 11) is 0. The molecule has 0 fully saturated rings. The van der Waals surface area contributed by atoms with Gasteiger partial charge in [0.05, 0.1) is 17.8 Å². The van der Waals surface area contributed by atoms with Gasteiger partial charge in [-0.25, -0.2) is 4.98 Å². The Balaban J connectivity index is 1.76. The van der Waals surface area contributed by atoms with Crippen LogP contribution in [-0.2, 0) is 0 Å². The number of aromatic amines is 1. The van der Waals surface area contributed by atoms with Gasteiger partial charge in [0.25, 0.3) is 0 Å². The smallest absolute Gasteiger partial charge is 0.213 e. The van der Waals surface area contributed by atoms with E-state index in [2.05, 4.69) is 27.4 Å².